The standard InChI is InChI=1S/C12H12BrCl2N3O2S/c1-3-10-11(6-18(2)16-10)17-21(19,20)12-8(14)4-7(13)5-9(12)15/h4-6,17H,3H2,1-2H3. The molecule has 0 saturated carbocycles. The van der Waals surface area contributed by atoms with E-state index in [0.717, 1.165) is 0 Å². The Kier molecular flexibility index (Phi) is 4.87. The summed E-state index contributed by atoms with van der Waals surface area (Å²) in [6.45, 7) is 1.89. The lowest BCUT2D eigenvalue weighted by Gasteiger charge is -2.11. The van der Waals surface area contributed by atoms with Gasteiger partial charge in [0.1, 0.15) is 4.90 Å². The van der Waals surface area contributed by atoms with E-state index in [1.54, 1.807) is 17.9 Å². The lowest BCUT2D eigenvalue weighted by atomic mass is 10.3. The molecule has 2 aromatic rings. The zero-order valence-corrected chi connectivity index (χ0v) is 15.1. The molecule has 0 atom stereocenters. The summed E-state index contributed by atoms with van der Waals surface area (Å²) >= 11 is 15.2. The number of hydrogen-bond donors (Lipinski definition) is 1. The molecule has 1 N–H and O–H groups in total. The topological polar surface area (TPSA) is 64.0 Å². The van der Waals surface area contributed by atoms with Gasteiger partial charge in [0.2, 0.25) is 0 Å². The molecule has 1 heterocycles. The van der Waals surface area contributed by atoms with Crippen LogP contribution in [0.1, 0.15) is 12.6 Å². The molecule has 21 heavy (non-hydrogen) atoms. The fourth-order valence-corrected chi connectivity index (χ4v) is 4.87. The third kappa shape index (κ3) is 3.53. The number of halogens is 3. The molecule has 0 aliphatic carbocycles. The van der Waals surface area contributed by atoms with Crippen LogP contribution in [0.4, 0.5) is 5.69 Å². The monoisotopic (exact) mass is 411 g/mol. The molecule has 114 valence electrons. The molecule has 0 radical (unpaired) electrons. The van der Waals surface area contributed by atoms with E-state index in [1.165, 1.54) is 12.1 Å². The van der Waals surface area contributed by atoms with Crippen molar-refractivity contribution in [1.82, 2.24) is 9.78 Å². The molecular weight excluding hydrogens is 401 g/mol. The van der Waals surface area contributed by atoms with E-state index in [4.69, 9.17) is 23.2 Å². The molecule has 0 aliphatic rings. The van der Waals surface area contributed by atoms with Crippen LogP contribution in [0.25, 0.3) is 0 Å². The predicted octanol–water partition coefficient (Wildman–Crippen LogP) is 3.85. The van der Waals surface area contributed by atoms with Gasteiger partial charge in [-0.3, -0.25) is 9.40 Å². The first kappa shape index (κ1) is 16.6. The Hall–Kier alpha value is -0.760. The molecule has 0 saturated heterocycles. The zero-order chi connectivity index (χ0) is 15.8. The number of anilines is 1. The third-order valence-corrected chi connectivity index (χ3v) is 5.46. The number of aromatic nitrogens is 2. The van der Waals surface area contributed by atoms with Crippen molar-refractivity contribution in [1.29, 1.82) is 0 Å². The first-order chi connectivity index (χ1) is 9.74. The molecule has 2 rings (SSSR count). The summed E-state index contributed by atoms with van der Waals surface area (Å²) in [5, 5.41) is 4.27. The second-order valence-electron chi connectivity index (χ2n) is 4.32. The number of aryl methyl sites for hydroxylation is 2. The van der Waals surface area contributed by atoms with Gasteiger partial charge in [-0.1, -0.05) is 46.1 Å². The van der Waals surface area contributed by atoms with Crippen molar-refractivity contribution in [3.63, 3.8) is 0 Å². The fraction of sp³-hybridized carbons (Fsp3) is 0.250. The molecule has 0 amide bonds. The number of nitrogens with one attached hydrogen (secondary N) is 1. The largest absolute Gasteiger partial charge is 0.276 e. The minimum absolute atomic E-state index is 0.0452. The molecule has 0 bridgehead atoms. The maximum absolute atomic E-state index is 12.5. The Morgan fingerprint density at radius 1 is 1.33 bits per heavy atom. The van der Waals surface area contributed by atoms with E-state index < -0.39 is 10.0 Å². The van der Waals surface area contributed by atoms with Crippen LogP contribution in [0.5, 0.6) is 0 Å². The van der Waals surface area contributed by atoms with Crippen LogP contribution in [0, 0.1) is 0 Å². The molecule has 0 aliphatic heterocycles. The highest BCUT2D eigenvalue weighted by Gasteiger charge is 2.24. The van der Waals surface area contributed by atoms with Crippen LogP contribution in [-0.2, 0) is 23.5 Å². The van der Waals surface area contributed by atoms with Crippen molar-refractivity contribution >= 4 is 54.8 Å². The quantitative estimate of drug-likeness (QED) is 0.829. The van der Waals surface area contributed by atoms with Crippen molar-refractivity contribution in [2.75, 3.05) is 4.72 Å². The Labute approximate surface area is 141 Å². The van der Waals surface area contributed by atoms with Gasteiger partial charge in [0.15, 0.2) is 0 Å². The highest BCUT2D eigenvalue weighted by atomic mass is 79.9. The molecule has 5 nitrogen and oxygen atoms in total. The lowest BCUT2D eigenvalue weighted by Crippen LogP contribution is -2.14. The smallest absolute Gasteiger partial charge is 0.264 e. The zero-order valence-electron chi connectivity index (χ0n) is 11.2. The fourth-order valence-electron chi connectivity index (χ4n) is 1.86. The van der Waals surface area contributed by atoms with Gasteiger partial charge in [0, 0.05) is 17.7 Å². The molecule has 1 aromatic carbocycles. The highest BCUT2D eigenvalue weighted by molar-refractivity contribution is 9.10. The van der Waals surface area contributed by atoms with E-state index in [0.29, 0.717) is 22.3 Å². The van der Waals surface area contributed by atoms with Crippen LogP contribution in [0.2, 0.25) is 10.0 Å². The van der Waals surface area contributed by atoms with Crippen molar-refractivity contribution < 1.29 is 8.42 Å². The number of sulfonamides is 1. The second kappa shape index (κ2) is 6.16. The van der Waals surface area contributed by atoms with E-state index in [2.05, 4.69) is 25.8 Å². The van der Waals surface area contributed by atoms with E-state index >= 15 is 0 Å². The minimum atomic E-state index is -3.90. The number of benzene rings is 1. The Balaban J connectivity index is 2.48. The average molecular weight is 413 g/mol. The summed E-state index contributed by atoms with van der Waals surface area (Å²) in [6, 6.07) is 2.96. The number of hydrogen-bond acceptors (Lipinski definition) is 3. The Bertz CT molecular complexity index is 767. The summed E-state index contributed by atoms with van der Waals surface area (Å²) in [7, 11) is -2.18. The normalized spacial score (nSPS) is 11.7. The van der Waals surface area contributed by atoms with Crippen molar-refractivity contribution in [3.05, 3.63) is 38.5 Å². The summed E-state index contributed by atoms with van der Waals surface area (Å²) in [6.07, 6.45) is 2.19. The lowest BCUT2D eigenvalue weighted by molar-refractivity contribution is 0.601. The Morgan fingerprint density at radius 3 is 2.43 bits per heavy atom. The minimum Gasteiger partial charge on any atom is -0.276 e. The summed E-state index contributed by atoms with van der Waals surface area (Å²) < 4.78 is 29.6. The molecule has 9 heteroatoms. The van der Waals surface area contributed by atoms with Gasteiger partial charge in [-0.25, -0.2) is 8.42 Å². The van der Waals surface area contributed by atoms with Gasteiger partial charge in [-0.05, 0) is 18.6 Å². The van der Waals surface area contributed by atoms with Crippen molar-refractivity contribution in [3.8, 4) is 0 Å². The van der Waals surface area contributed by atoms with Gasteiger partial charge in [0.25, 0.3) is 10.0 Å². The van der Waals surface area contributed by atoms with Crippen LogP contribution in [0.15, 0.2) is 27.7 Å². The summed E-state index contributed by atoms with van der Waals surface area (Å²) in [5.74, 6) is 0. The van der Waals surface area contributed by atoms with E-state index in [9.17, 15) is 8.42 Å². The van der Waals surface area contributed by atoms with Crippen LogP contribution in [-0.4, -0.2) is 18.2 Å². The summed E-state index contributed by atoms with van der Waals surface area (Å²) in [4.78, 5) is -0.153. The number of rotatable bonds is 4. The highest BCUT2D eigenvalue weighted by Crippen LogP contribution is 2.34. The number of nitrogens with zero attached hydrogens (tertiary/aromatic N) is 2. The van der Waals surface area contributed by atoms with Gasteiger partial charge < -0.3 is 0 Å². The van der Waals surface area contributed by atoms with Crippen LogP contribution in [0.3, 0.4) is 0 Å². The molecule has 0 spiro atoms. The maximum Gasteiger partial charge on any atom is 0.264 e. The third-order valence-electron chi connectivity index (χ3n) is 2.72. The second-order valence-corrected chi connectivity index (χ2v) is 7.67. The molecule has 0 fully saturated rings. The van der Waals surface area contributed by atoms with Gasteiger partial charge in [-0.15, -0.1) is 0 Å². The molecular formula is C12H12BrCl2N3O2S. The van der Waals surface area contributed by atoms with Crippen LogP contribution >= 0.6 is 39.1 Å². The van der Waals surface area contributed by atoms with Gasteiger partial charge >= 0.3 is 0 Å². The van der Waals surface area contributed by atoms with Crippen LogP contribution < -0.4 is 4.72 Å². The first-order valence-corrected chi connectivity index (χ1v) is 8.97. The van der Waals surface area contributed by atoms with Crippen molar-refractivity contribution in [2.45, 2.75) is 18.2 Å². The first-order valence-electron chi connectivity index (χ1n) is 5.94. The van der Waals surface area contributed by atoms with Gasteiger partial charge in [0.05, 0.1) is 21.4 Å². The average Bonchev–Trinajstić information content (AvgIpc) is 2.66. The molecule has 1 aromatic heterocycles. The van der Waals surface area contributed by atoms with E-state index in [-0.39, 0.29) is 14.9 Å². The van der Waals surface area contributed by atoms with E-state index in [1.807, 2.05) is 6.92 Å². The molecule has 0 unspecified atom stereocenters. The van der Waals surface area contributed by atoms with Crippen molar-refractivity contribution in [2.24, 2.45) is 7.05 Å². The Morgan fingerprint density at radius 2 is 1.90 bits per heavy atom. The van der Waals surface area contributed by atoms with Gasteiger partial charge in [-0.2, -0.15) is 5.10 Å². The predicted molar refractivity (Wildman–Crippen MR) is 87.6 cm³/mol. The summed E-state index contributed by atoms with van der Waals surface area (Å²) in [5.41, 5.74) is 1.06. The maximum atomic E-state index is 12.5. The SMILES string of the molecule is CCc1nn(C)cc1NS(=O)(=O)c1c(Cl)cc(Br)cc1Cl.